The van der Waals surface area contributed by atoms with Crippen LogP contribution in [0.5, 0.6) is 0 Å². The van der Waals surface area contributed by atoms with Crippen LogP contribution < -0.4 is 10.7 Å². The van der Waals surface area contributed by atoms with E-state index in [2.05, 4.69) is 10.3 Å². The van der Waals surface area contributed by atoms with Gasteiger partial charge in [0, 0.05) is 37.6 Å². The van der Waals surface area contributed by atoms with Gasteiger partial charge in [0.05, 0.1) is 5.52 Å². The van der Waals surface area contributed by atoms with Crippen molar-refractivity contribution in [2.45, 2.75) is 19.5 Å². The van der Waals surface area contributed by atoms with E-state index in [0.29, 0.717) is 37.0 Å². The average molecular weight is 317 g/mol. The monoisotopic (exact) mass is 317 g/mol. The lowest BCUT2D eigenvalue weighted by atomic mass is 10.1. The molecule has 1 aromatic carbocycles. The van der Waals surface area contributed by atoms with Crippen LogP contribution in [0, 0.1) is 6.92 Å². The second-order valence-corrected chi connectivity index (χ2v) is 5.99. The molecule has 0 radical (unpaired) electrons. The summed E-state index contributed by atoms with van der Waals surface area (Å²) in [4.78, 5) is 29.4. The number of alkyl halides is 1. The second kappa shape index (κ2) is 6.50. The minimum atomic E-state index is -0.759. The van der Waals surface area contributed by atoms with Crippen LogP contribution in [0.15, 0.2) is 29.1 Å². The van der Waals surface area contributed by atoms with Crippen molar-refractivity contribution >= 4 is 16.8 Å². The highest BCUT2D eigenvalue weighted by Gasteiger charge is 2.21. The average Bonchev–Trinajstić information content (AvgIpc) is 2.92. The third-order valence-electron chi connectivity index (χ3n) is 4.24. The number of aromatic amines is 1. The molecule has 122 valence electrons. The molecular formula is C17H20FN3O2. The van der Waals surface area contributed by atoms with Crippen molar-refractivity contribution in [2.24, 2.45) is 0 Å². The number of aryl methyl sites for hydroxylation is 1. The van der Waals surface area contributed by atoms with Gasteiger partial charge in [0.25, 0.3) is 5.91 Å². The van der Waals surface area contributed by atoms with Gasteiger partial charge < -0.3 is 10.3 Å². The Kier molecular flexibility index (Phi) is 4.43. The Bertz CT molecular complexity index is 787. The number of nitrogens with one attached hydrogen (secondary N) is 2. The molecule has 1 fully saturated rings. The molecule has 3 rings (SSSR count). The molecule has 2 heterocycles. The first kappa shape index (κ1) is 15.7. The molecule has 0 bridgehead atoms. The maximum atomic E-state index is 13.1. The van der Waals surface area contributed by atoms with E-state index < -0.39 is 6.17 Å². The molecule has 2 N–H and O–H groups in total. The number of likely N-dealkylation sites (tertiary alicyclic amines) is 1. The van der Waals surface area contributed by atoms with E-state index in [0.717, 1.165) is 12.1 Å². The van der Waals surface area contributed by atoms with Crippen molar-refractivity contribution < 1.29 is 9.18 Å². The predicted molar refractivity (Wildman–Crippen MR) is 87.6 cm³/mol. The van der Waals surface area contributed by atoms with Crippen LogP contribution in [0.3, 0.4) is 0 Å². The first-order chi connectivity index (χ1) is 11.0. The number of fused-ring (bicyclic) bond motifs is 1. The van der Waals surface area contributed by atoms with Gasteiger partial charge in [-0.2, -0.15) is 0 Å². The first-order valence-electron chi connectivity index (χ1n) is 7.82. The summed E-state index contributed by atoms with van der Waals surface area (Å²) in [6.07, 6.45) is -0.198. The minimum Gasteiger partial charge on any atom is -0.350 e. The number of hydrogen-bond donors (Lipinski definition) is 2. The topological polar surface area (TPSA) is 65.2 Å². The van der Waals surface area contributed by atoms with Gasteiger partial charge in [-0.25, -0.2) is 4.39 Å². The van der Waals surface area contributed by atoms with Crippen LogP contribution in [0.4, 0.5) is 4.39 Å². The van der Waals surface area contributed by atoms with Gasteiger partial charge in [0.1, 0.15) is 11.9 Å². The molecule has 1 amide bonds. The molecule has 23 heavy (non-hydrogen) atoms. The number of benzene rings is 1. The highest BCUT2D eigenvalue weighted by molar-refractivity contribution is 5.95. The zero-order valence-electron chi connectivity index (χ0n) is 13.1. The molecule has 1 aliphatic heterocycles. The van der Waals surface area contributed by atoms with Crippen LogP contribution >= 0.6 is 0 Å². The maximum Gasteiger partial charge on any atom is 0.267 e. The number of carbonyl (C=O) groups is 1. The number of carbonyl (C=O) groups excluding carboxylic acids is 1. The standard InChI is InChI=1S/C17H20FN3O2/c1-11-3-2-4-13-16(11)15(22)9-14(20-13)17(23)19-6-8-21-7-5-12(18)10-21/h2-4,9,12H,5-8,10H2,1H3,(H,19,23)(H,20,22)/t12-/m1/s1. The Morgan fingerprint density at radius 2 is 2.30 bits per heavy atom. The van der Waals surface area contributed by atoms with E-state index >= 15 is 0 Å². The smallest absolute Gasteiger partial charge is 0.267 e. The molecule has 6 heteroatoms. The largest absolute Gasteiger partial charge is 0.350 e. The summed E-state index contributed by atoms with van der Waals surface area (Å²) in [6.45, 7) is 4.07. The molecule has 0 aliphatic carbocycles. The molecule has 5 nitrogen and oxygen atoms in total. The lowest BCUT2D eigenvalue weighted by Gasteiger charge is -2.14. The number of aromatic nitrogens is 1. The van der Waals surface area contributed by atoms with E-state index in [-0.39, 0.29) is 17.0 Å². The highest BCUT2D eigenvalue weighted by Crippen LogP contribution is 2.13. The van der Waals surface area contributed by atoms with Crippen LogP contribution in [0.25, 0.3) is 10.9 Å². The maximum absolute atomic E-state index is 13.1. The van der Waals surface area contributed by atoms with Crippen molar-refractivity contribution in [3.8, 4) is 0 Å². The molecule has 2 aromatic rings. The van der Waals surface area contributed by atoms with E-state index in [1.165, 1.54) is 6.07 Å². The minimum absolute atomic E-state index is 0.165. The Labute approximate surface area is 133 Å². The van der Waals surface area contributed by atoms with Crippen LogP contribution in [0.1, 0.15) is 22.5 Å². The van der Waals surface area contributed by atoms with Crippen molar-refractivity contribution in [1.82, 2.24) is 15.2 Å². The Balaban J connectivity index is 1.68. The molecule has 0 unspecified atom stereocenters. The summed E-state index contributed by atoms with van der Waals surface area (Å²) >= 11 is 0. The Morgan fingerprint density at radius 1 is 1.48 bits per heavy atom. The van der Waals surface area contributed by atoms with Crippen molar-refractivity contribution in [1.29, 1.82) is 0 Å². The van der Waals surface area contributed by atoms with E-state index in [4.69, 9.17) is 0 Å². The summed E-state index contributed by atoms with van der Waals surface area (Å²) in [7, 11) is 0. The van der Waals surface area contributed by atoms with E-state index in [1.54, 1.807) is 6.07 Å². The van der Waals surface area contributed by atoms with Crippen molar-refractivity contribution in [3.63, 3.8) is 0 Å². The third-order valence-corrected chi connectivity index (χ3v) is 4.24. The Morgan fingerprint density at radius 3 is 3.04 bits per heavy atom. The normalized spacial score (nSPS) is 18.4. The fourth-order valence-corrected chi connectivity index (χ4v) is 3.02. The summed E-state index contributed by atoms with van der Waals surface area (Å²) in [6, 6.07) is 6.83. The summed E-state index contributed by atoms with van der Waals surface area (Å²) in [5.41, 5.74) is 1.62. The number of amides is 1. The molecule has 1 aliphatic rings. The molecular weight excluding hydrogens is 297 g/mol. The van der Waals surface area contributed by atoms with Gasteiger partial charge in [-0.15, -0.1) is 0 Å². The molecule has 1 atom stereocenters. The predicted octanol–water partition coefficient (Wildman–Crippen LogP) is 1.61. The number of pyridine rings is 1. The summed E-state index contributed by atoms with van der Waals surface area (Å²) in [5, 5.41) is 3.38. The van der Waals surface area contributed by atoms with Crippen molar-refractivity contribution in [3.05, 3.63) is 45.7 Å². The van der Waals surface area contributed by atoms with Gasteiger partial charge in [-0.1, -0.05) is 12.1 Å². The highest BCUT2D eigenvalue weighted by atomic mass is 19.1. The van der Waals surface area contributed by atoms with Crippen LogP contribution in [0.2, 0.25) is 0 Å². The lowest BCUT2D eigenvalue weighted by molar-refractivity contribution is 0.0945. The van der Waals surface area contributed by atoms with Crippen molar-refractivity contribution in [2.75, 3.05) is 26.2 Å². The third kappa shape index (κ3) is 3.42. The Hall–Kier alpha value is -2.21. The number of rotatable bonds is 4. The fourth-order valence-electron chi connectivity index (χ4n) is 3.02. The number of nitrogens with zero attached hydrogens (tertiary/aromatic N) is 1. The quantitative estimate of drug-likeness (QED) is 0.900. The SMILES string of the molecule is Cc1cccc2[nH]c(C(=O)NCCN3CC[C@@H](F)C3)cc(=O)c12. The number of H-pyrrole nitrogens is 1. The molecule has 0 saturated carbocycles. The van der Waals surface area contributed by atoms with Crippen LogP contribution in [-0.4, -0.2) is 48.1 Å². The lowest BCUT2D eigenvalue weighted by Crippen LogP contribution is -2.34. The number of halogens is 1. The summed E-state index contributed by atoms with van der Waals surface area (Å²) < 4.78 is 13.1. The first-order valence-corrected chi connectivity index (χ1v) is 7.82. The molecule has 1 aromatic heterocycles. The zero-order chi connectivity index (χ0) is 16.4. The summed E-state index contributed by atoms with van der Waals surface area (Å²) in [5.74, 6) is -0.318. The van der Waals surface area contributed by atoms with E-state index in [9.17, 15) is 14.0 Å². The van der Waals surface area contributed by atoms with Gasteiger partial charge in [0.15, 0.2) is 5.43 Å². The second-order valence-electron chi connectivity index (χ2n) is 5.99. The number of hydrogen-bond acceptors (Lipinski definition) is 3. The van der Waals surface area contributed by atoms with Gasteiger partial charge in [-0.3, -0.25) is 14.5 Å². The zero-order valence-corrected chi connectivity index (χ0v) is 13.1. The van der Waals surface area contributed by atoms with E-state index in [1.807, 2.05) is 24.0 Å². The fraction of sp³-hybridized carbons (Fsp3) is 0.412. The molecule has 0 spiro atoms. The van der Waals surface area contributed by atoms with Gasteiger partial charge in [-0.05, 0) is 25.0 Å². The van der Waals surface area contributed by atoms with Gasteiger partial charge in [0.2, 0.25) is 0 Å². The van der Waals surface area contributed by atoms with Gasteiger partial charge >= 0.3 is 0 Å². The molecule has 1 saturated heterocycles. The van der Waals surface area contributed by atoms with Crippen LogP contribution in [-0.2, 0) is 0 Å².